The summed E-state index contributed by atoms with van der Waals surface area (Å²) >= 11 is 0. The molecule has 4 atom stereocenters. The number of nitrogens with zero attached hydrogens (tertiary/aromatic N) is 2. The molecule has 148 valence electrons. The number of imide groups is 1. The molecule has 2 bridgehead atoms. The van der Waals surface area contributed by atoms with Crippen molar-refractivity contribution in [3.63, 3.8) is 0 Å². The Morgan fingerprint density at radius 3 is 2.59 bits per heavy atom. The number of hydrogen-bond acceptors (Lipinski definition) is 5. The predicted molar refractivity (Wildman–Crippen MR) is 106 cm³/mol. The molecule has 2 amide bonds. The Balaban J connectivity index is 1.71. The van der Waals surface area contributed by atoms with Gasteiger partial charge in [-0.25, -0.2) is 4.90 Å². The molecular formula is C23H22N2O4. The van der Waals surface area contributed by atoms with Crippen LogP contribution in [-0.4, -0.2) is 34.7 Å². The van der Waals surface area contributed by atoms with Crippen LogP contribution in [0.1, 0.15) is 38.7 Å². The van der Waals surface area contributed by atoms with Gasteiger partial charge in [-0.05, 0) is 38.8 Å². The van der Waals surface area contributed by atoms with Gasteiger partial charge in [0.1, 0.15) is 0 Å². The van der Waals surface area contributed by atoms with Crippen LogP contribution in [0.25, 0.3) is 10.8 Å². The summed E-state index contributed by atoms with van der Waals surface area (Å²) in [6.07, 6.45) is 1.67. The van der Waals surface area contributed by atoms with Gasteiger partial charge >= 0.3 is 0 Å². The van der Waals surface area contributed by atoms with E-state index in [0.29, 0.717) is 41.3 Å². The SMILES string of the molecule is CC12CCC(CCO)(O1)[C@]1(C)C(=O)N(c3ccc(C#N)c4ccccc34)C(=O)[C@H]21. The third-order valence-electron chi connectivity index (χ3n) is 7.48. The molecule has 0 aromatic heterocycles. The summed E-state index contributed by atoms with van der Waals surface area (Å²) in [5, 5.41) is 20.5. The molecule has 2 aromatic carbocycles. The fourth-order valence-electron chi connectivity index (χ4n) is 6.15. The summed E-state index contributed by atoms with van der Waals surface area (Å²) in [6.45, 7) is 3.64. The molecule has 0 spiro atoms. The lowest BCUT2D eigenvalue weighted by Gasteiger charge is -2.40. The van der Waals surface area contributed by atoms with Crippen molar-refractivity contribution < 1.29 is 19.4 Å². The predicted octanol–water partition coefficient (Wildman–Crippen LogP) is 2.91. The van der Waals surface area contributed by atoms with Gasteiger partial charge in [0.05, 0.1) is 39.9 Å². The first kappa shape index (κ1) is 18.3. The number of amides is 2. The summed E-state index contributed by atoms with van der Waals surface area (Å²) in [4.78, 5) is 28.7. The van der Waals surface area contributed by atoms with E-state index < -0.39 is 22.5 Å². The maximum atomic E-state index is 13.8. The van der Waals surface area contributed by atoms with Gasteiger partial charge in [-0.1, -0.05) is 24.3 Å². The van der Waals surface area contributed by atoms with Gasteiger partial charge in [0.15, 0.2) is 0 Å². The molecule has 3 fully saturated rings. The number of aliphatic hydroxyl groups is 1. The number of hydrogen-bond donors (Lipinski definition) is 1. The number of benzene rings is 2. The van der Waals surface area contributed by atoms with Crippen molar-refractivity contribution in [2.24, 2.45) is 11.3 Å². The van der Waals surface area contributed by atoms with Crippen LogP contribution in [0.5, 0.6) is 0 Å². The van der Waals surface area contributed by atoms with Crippen molar-refractivity contribution in [3.8, 4) is 6.07 Å². The lowest BCUT2D eigenvalue weighted by atomic mass is 9.58. The molecule has 2 aromatic rings. The van der Waals surface area contributed by atoms with Gasteiger partial charge in [-0.15, -0.1) is 0 Å². The minimum Gasteiger partial charge on any atom is -0.396 e. The molecular weight excluding hydrogens is 368 g/mol. The number of carbonyl (C=O) groups excluding carboxylic acids is 2. The standard InChI is InChI=1S/C23H22N2O4/c1-21-9-10-23(29-21,11-12-26)22(2)18(21)19(27)25(20(22)28)17-8-7-14(13-24)15-5-3-4-6-16(15)17/h3-8,18,26H,9-12H2,1-2H3/t18-,21?,22+,23?/m1/s1. The number of aliphatic hydroxyl groups excluding tert-OH is 1. The second-order valence-corrected chi connectivity index (χ2v) is 8.79. The lowest BCUT2D eigenvalue weighted by Crippen LogP contribution is -2.52. The molecule has 2 unspecified atom stereocenters. The maximum absolute atomic E-state index is 13.8. The highest BCUT2D eigenvalue weighted by atomic mass is 16.5. The number of fused-ring (bicyclic) bond motifs is 6. The van der Waals surface area contributed by atoms with Crippen molar-refractivity contribution in [2.45, 2.75) is 44.3 Å². The fourth-order valence-corrected chi connectivity index (χ4v) is 6.15. The Morgan fingerprint density at radius 2 is 1.90 bits per heavy atom. The molecule has 3 saturated heterocycles. The number of ether oxygens (including phenoxy) is 1. The van der Waals surface area contributed by atoms with E-state index in [1.807, 2.05) is 38.1 Å². The zero-order chi connectivity index (χ0) is 20.6. The Hall–Kier alpha value is -2.75. The van der Waals surface area contributed by atoms with E-state index in [2.05, 4.69) is 6.07 Å². The third kappa shape index (κ3) is 1.97. The zero-order valence-corrected chi connectivity index (χ0v) is 16.4. The number of carbonyl (C=O) groups is 2. The lowest BCUT2D eigenvalue weighted by molar-refractivity contribution is -0.138. The number of anilines is 1. The molecule has 6 nitrogen and oxygen atoms in total. The largest absolute Gasteiger partial charge is 0.396 e. The highest BCUT2D eigenvalue weighted by molar-refractivity contribution is 6.27. The molecule has 3 heterocycles. The van der Waals surface area contributed by atoms with E-state index in [1.54, 1.807) is 12.1 Å². The van der Waals surface area contributed by atoms with Gasteiger partial charge in [-0.3, -0.25) is 9.59 Å². The summed E-state index contributed by atoms with van der Waals surface area (Å²) in [7, 11) is 0. The summed E-state index contributed by atoms with van der Waals surface area (Å²) in [5.41, 5.74) is -1.55. The van der Waals surface area contributed by atoms with Gasteiger partial charge in [0, 0.05) is 23.8 Å². The van der Waals surface area contributed by atoms with E-state index >= 15 is 0 Å². The molecule has 6 heteroatoms. The zero-order valence-electron chi connectivity index (χ0n) is 16.4. The monoisotopic (exact) mass is 390 g/mol. The average molecular weight is 390 g/mol. The fraction of sp³-hybridized carbons (Fsp3) is 0.435. The van der Waals surface area contributed by atoms with Crippen molar-refractivity contribution in [3.05, 3.63) is 42.0 Å². The van der Waals surface area contributed by atoms with Crippen molar-refractivity contribution in [2.75, 3.05) is 11.5 Å². The van der Waals surface area contributed by atoms with Gasteiger partial charge in [-0.2, -0.15) is 5.26 Å². The summed E-state index contributed by atoms with van der Waals surface area (Å²) < 4.78 is 6.34. The summed E-state index contributed by atoms with van der Waals surface area (Å²) in [5.74, 6) is -1.12. The van der Waals surface area contributed by atoms with Crippen LogP contribution in [0.4, 0.5) is 5.69 Å². The normalized spacial score (nSPS) is 35.4. The van der Waals surface area contributed by atoms with E-state index in [1.165, 1.54) is 4.90 Å². The Kier molecular flexibility index (Phi) is 3.57. The molecule has 0 aliphatic carbocycles. The maximum Gasteiger partial charge on any atom is 0.243 e. The first-order chi connectivity index (χ1) is 13.8. The van der Waals surface area contributed by atoms with E-state index in [9.17, 15) is 20.0 Å². The van der Waals surface area contributed by atoms with Crippen molar-refractivity contribution >= 4 is 28.3 Å². The third-order valence-corrected chi connectivity index (χ3v) is 7.48. The van der Waals surface area contributed by atoms with Gasteiger partial charge in [0.2, 0.25) is 11.8 Å². The van der Waals surface area contributed by atoms with Crippen LogP contribution in [-0.2, 0) is 14.3 Å². The van der Waals surface area contributed by atoms with Crippen LogP contribution in [0.2, 0.25) is 0 Å². The number of nitriles is 1. The Bertz CT molecular complexity index is 1120. The van der Waals surface area contributed by atoms with Crippen molar-refractivity contribution in [1.82, 2.24) is 0 Å². The molecule has 3 aliphatic rings. The van der Waals surface area contributed by atoms with E-state index in [0.717, 1.165) is 0 Å². The van der Waals surface area contributed by atoms with Gasteiger partial charge in [0.25, 0.3) is 0 Å². The van der Waals surface area contributed by atoms with Crippen LogP contribution in [0, 0.1) is 22.7 Å². The smallest absolute Gasteiger partial charge is 0.243 e. The molecule has 0 saturated carbocycles. The molecule has 29 heavy (non-hydrogen) atoms. The highest BCUT2D eigenvalue weighted by Gasteiger charge is 2.80. The van der Waals surface area contributed by atoms with Gasteiger partial charge < -0.3 is 9.84 Å². The quantitative estimate of drug-likeness (QED) is 0.814. The minimum atomic E-state index is -1.02. The van der Waals surface area contributed by atoms with Crippen LogP contribution >= 0.6 is 0 Å². The number of rotatable bonds is 3. The molecule has 5 rings (SSSR count). The summed E-state index contributed by atoms with van der Waals surface area (Å²) in [6, 6.07) is 12.8. The van der Waals surface area contributed by atoms with Crippen LogP contribution in [0.3, 0.4) is 0 Å². The molecule has 3 aliphatic heterocycles. The first-order valence-corrected chi connectivity index (χ1v) is 9.94. The Labute approximate surface area is 168 Å². The topological polar surface area (TPSA) is 90.6 Å². The highest BCUT2D eigenvalue weighted by Crippen LogP contribution is 2.68. The first-order valence-electron chi connectivity index (χ1n) is 9.94. The molecule has 1 N–H and O–H groups in total. The minimum absolute atomic E-state index is 0.0976. The molecule has 0 radical (unpaired) electrons. The Morgan fingerprint density at radius 1 is 1.17 bits per heavy atom. The van der Waals surface area contributed by atoms with Crippen LogP contribution < -0.4 is 4.90 Å². The van der Waals surface area contributed by atoms with Crippen molar-refractivity contribution in [1.29, 1.82) is 5.26 Å². The van der Waals surface area contributed by atoms with Crippen LogP contribution in [0.15, 0.2) is 36.4 Å². The second-order valence-electron chi connectivity index (χ2n) is 8.79. The van der Waals surface area contributed by atoms with E-state index in [4.69, 9.17) is 4.74 Å². The van der Waals surface area contributed by atoms with E-state index in [-0.39, 0.29) is 18.4 Å². The second kappa shape index (κ2) is 5.65. The average Bonchev–Trinajstić information content (AvgIpc) is 3.23.